The molecule has 2 heterocycles. The minimum atomic E-state index is -0.0384. The Labute approximate surface area is 141 Å². The van der Waals surface area contributed by atoms with Gasteiger partial charge >= 0.3 is 0 Å². The number of hydrogen-bond donors (Lipinski definition) is 1. The average Bonchev–Trinajstić information content (AvgIpc) is 3.02. The molecule has 1 fully saturated rings. The molecule has 23 heavy (non-hydrogen) atoms. The van der Waals surface area contributed by atoms with Crippen LogP contribution >= 0.6 is 11.8 Å². The molecule has 5 heteroatoms. The third-order valence-electron chi connectivity index (χ3n) is 4.81. The Balaban J connectivity index is 1.64. The molecule has 1 aromatic rings. The van der Waals surface area contributed by atoms with Crippen LogP contribution in [-0.4, -0.2) is 28.1 Å². The van der Waals surface area contributed by atoms with Crippen LogP contribution in [0.15, 0.2) is 34.2 Å². The van der Waals surface area contributed by atoms with Gasteiger partial charge in [-0.2, -0.15) is 0 Å². The van der Waals surface area contributed by atoms with Crippen molar-refractivity contribution in [2.24, 2.45) is 4.99 Å². The summed E-state index contributed by atoms with van der Waals surface area (Å²) in [4.78, 5) is 19.9. The Morgan fingerprint density at radius 3 is 2.74 bits per heavy atom. The van der Waals surface area contributed by atoms with E-state index in [0.29, 0.717) is 12.1 Å². The first-order chi connectivity index (χ1) is 11.1. The first-order valence-corrected chi connectivity index (χ1v) is 9.09. The van der Waals surface area contributed by atoms with Crippen molar-refractivity contribution in [2.75, 3.05) is 5.32 Å². The molecule has 3 aliphatic rings. The predicted octanol–water partition coefficient (Wildman–Crippen LogP) is 4.06. The second kappa shape index (κ2) is 5.71. The summed E-state index contributed by atoms with van der Waals surface area (Å²) >= 11 is 1.81. The summed E-state index contributed by atoms with van der Waals surface area (Å²) in [6.45, 7) is 3.71. The second-order valence-electron chi connectivity index (χ2n) is 6.47. The van der Waals surface area contributed by atoms with E-state index in [2.05, 4.69) is 29.3 Å². The molecular formula is C18H21N3OS. The maximum absolute atomic E-state index is 11.2. The van der Waals surface area contributed by atoms with Gasteiger partial charge in [0.1, 0.15) is 0 Å². The number of thioether (sulfide) groups is 1. The van der Waals surface area contributed by atoms with Gasteiger partial charge in [-0.05, 0) is 37.5 Å². The van der Waals surface area contributed by atoms with E-state index in [9.17, 15) is 4.79 Å². The van der Waals surface area contributed by atoms with Crippen LogP contribution in [0.25, 0.3) is 5.70 Å². The Bertz CT molecular complexity index is 707. The lowest BCUT2D eigenvalue weighted by atomic mass is 9.90. The number of hydrogen-bond acceptors (Lipinski definition) is 4. The molecule has 4 rings (SSSR count). The zero-order chi connectivity index (χ0) is 16.0. The summed E-state index contributed by atoms with van der Waals surface area (Å²) in [6.07, 6.45) is 5.07. The molecule has 4 nitrogen and oxygen atoms in total. The van der Waals surface area contributed by atoms with Gasteiger partial charge in [0.2, 0.25) is 5.91 Å². The number of amidine groups is 1. The molecule has 0 spiro atoms. The quantitative estimate of drug-likeness (QED) is 0.891. The molecule has 0 aromatic heterocycles. The van der Waals surface area contributed by atoms with E-state index in [1.165, 1.54) is 53.9 Å². The van der Waals surface area contributed by atoms with Crippen molar-refractivity contribution in [3.05, 3.63) is 34.7 Å². The summed E-state index contributed by atoms with van der Waals surface area (Å²) in [5.41, 5.74) is 3.36. The summed E-state index contributed by atoms with van der Waals surface area (Å²) in [6, 6.07) is 9.17. The minimum absolute atomic E-state index is 0.0384. The van der Waals surface area contributed by atoms with Crippen molar-refractivity contribution in [2.45, 2.75) is 51.6 Å². The van der Waals surface area contributed by atoms with E-state index in [-0.39, 0.29) is 5.91 Å². The van der Waals surface area contributed by atoms with Gasteiger partial charge < -0.3 is 10.2 Å². The fourth-order valence-corrected chi connectivity index (χ4v) is 4.94. The number of aliphatic imine (C=N–C) groups is 1. The van der Waals surface area contributed by atoms with Gasteiger partial charge in [0.05, 0.1) is 17.8 Å². The highest BCUT2D eigenvalue weighted by Gasteiger charge is 2.43. The molecule has 1 saturated carbocycles. The third kappa shape index (κ3) is 2.57. The average molecular weight is 327 g/mol. The Morgan fingerprint density at radius 2 is 2.00 bits per heavy atom. The summed E-state index contributed by atoms with van der Waals surface area (Å²) in [5.74, 6) is -0.0384. The number of nitrogens with one attached hydrogen (secondary N) is 1. The van der Waals surface area contributed by atoms with Crippen molar-refractivity contribution in [1.82, 2.24) is 4.90 Å². The smallest absolute Gasteiger partial charge is 0.221 e. The van der Waals surface area contributed by atoms with Crippen molar-refractivity contribution in [1.29, 1.82) is 0 Å². The van der Waals surface area contributed by atoms with Crippen LogP contribution in [0.1, 0.15) is 45.1 Å². The monoisotopic (exact) mass is 327 g/mol. The van der Waals surface area contributed by atoms with Crippen LogP contribution in [-0.2, 0) is 4.79 Å². The molecule has 120 valence electrons. The van der Waals surface area contributed by atoms with Crippen molar-refractivity contribution >= 4 is 34.2 Å². The Hall–Kier alpha value is -1.75. The normalized spacial score (nSPS) is 26.0. The number of anilines is 1. The van der Waals surface area contributed by atoms with Crippen LogP contribution in [0.2, 0.25) is 0 Å². The maximum Gasteiger partial charge on any atom is 0.221 e. The number of amides is 1. The van der Waals surface area contributed by atoms with E-state index in [1.54, 1.807) is 11.8 Å². The number of benzene rings is 1. The highest BCUT2D eigenvalue weighted by molar-refractivity contribution is 8.17. The van der Waals surface area contributed by atoms with E-state index in [4.69, 9.17) is 4.99 Å². The predicted molar refractivity (Wildman–Crippen MR) is 96.2 cm³/mol. The van der Waals surface area contributed by atoms with E-state index in [0.717, 1.165) is 5.69 Å². The van der Waals surface area contributed by atoms with Crippen LogP contribution in [0.5, 0.6) is 0 Å². The molecular weight excluding hydrogens is 306 g/mol. The third-order valence-corrected chi connectivity index (χ3v) is 5.79. The van der Waals surface area contributed by atoms with Gasteiger partial charge in [0.25, 0.3) is 0 Å². The maximum atomic E-state index is 11.2. The highest BCUT2D eigenvalue weighted by Crippen LogP contribution is 2.47. The second-order valence-corrected chi connectivity index (χ2v) is 7.65. The number of carbonyl (C=O) groups excluding carboxylic acids is 1. The molecule has 0 bridgehead atoms. The molecule has 2 atom stereocenters. The molecule has 0 saturated heterocycles. The van der Waals surface area contributed by atoms with E-state index >= 15 is 0 Å². The van der Waals surface area contributed by atoms with Gasteiger partial charge in [-0.3, -0.25) is 9.79 Å². The van der Waals surface area contributed by atoms with Crippen molar-refractivity contribution in [3.8, 4) is 0 Å². The molecule has 0 unspecified atom stereocenters. The fraction of sp³-hybridized carbons (Fsp3) is 0.444. The number of carbonyl (C=O) groups is 1. The lowest BCUT2D eigenvalue weighted by Crippen LogP contribution is -2.38. The Kier molecular flexibility index (Phi) is 3.68. The molecule has 1 aliphatic carbocycles. The fourth-order valence-electron chi connectivity index (χ4n) is 3.84. The molecule has 0 radical (unpaired) electrons. The number of nitrogens with zero attached hydrogens (tertiary/aromatic N) is 2. The molecule has 1 amide bonds. The van der Waals surface area contributed by atoms with Crippen molar-refractivity contribution in [3.63, 3.8) is 0 Å². The lowest BCUT2D eigenvalue weighted by Gasteiger charge is -2.32. The summed E-state index contributed by atoms with van der Waals surface area (Å²) in [5, 5.41) is 4.01. The SMILES string of the molecule is CC(=O)Nc1ccc(C2=C(C)SC3=N[C@H]4CCCC[C@H]4N32)cc1. The van der Waals surface area contributed by atoms with Crippen LogP contribution in [0.3, 0.4) is 0 Å². The van der Waals surface area contributed by atoms with Gasteiger partial charge in [0, 0.05) is 17.5 Å². The first-order valence-electron chi connectivity index (χ1n) is 8.27. The minimum Gasteiger partial charge on any atom is -0.326 e. The van der Waals surface area contributed by atoms with Gasteiger partial charge in [-0.1, -0.05) is 36.7 Å². The van der Waals surface area contributed by atoms with E-state index in [1.807, 2.05) is 12.1 Å². The molecule has 1 aromatic carbocycles. The molecule has 2 aliphatic heterocycles. The van der Waals surface area contributed by atoms with Gasteiger partial charge in [0.15, 0.2) is 5.17 Å². The largest absolute Gasteiger partial charge is 0.326 e. The van der Waals surface area contributed by atoms with Gasteiger partial charge in [-0.25, -0.2) is 0 Å². The van der Waals surface area contributed by atoms with E-state index < -0.39 is 0 Å². The lowest BCUT2D eigenvalue weighted by molar-refractivity contribution is -0.114. The number of rotatable bonds is 2. The summed E-state index contributed by atoms with van der Waals surface area (Å²) < 4.78 is 0. The van der Waals surface area contributed by atoms with Gasteiger partial charge in [-0.15, -0.1) is 0 Å². The van der Waals surface area contributed by atoms with Crippen LogP contribution in [0, 0.1) is 0 Å². The standard InChI is InChI=1S/C18H21N3OS/c1-11-17(13-7-9-14(10-8-13)19-12(2)22)21-16-6-4-3-5-15(16)20-18(21)23-11/h7-10,15-16H,3-6H2,1-2H3,(H,19,22)/t15-,16+/m0/s1. The zero-order valence-corrected chi connectivity index (χ0v) is 14.3. The topological polar surface area (TPSA) is 44.7 Å². The summed E-state index contributed by atoms with van der Waals surface area (Å²) in [7, 11) is 0. The molecule has 1 N–H and O–H groups in total. The van der Waals surface area contributed by atoms with Crippen molar-refractivity contribution < 1.29 is 4.79 Å². The number of fused-ring (bicyclic) bond motifs is 3. The Morgan fingerprint density at radius 1 is 1.26 bits per heavy atom. The van der Waals surface area contributed by atoms with Crippen LogP contribution < -0.4 is 5.32 Å². The first kappa shape index (κ1) is 14.8. The van der Waals surface area contributed by atoms with Crippen LogP contribution in [0.4, 0.5) is 5.69 Å². The highest BCUT2D eigenvalue weighted by atomic mass is 32.2. The zero-order valence-electron chi connectivity index (χ0n) is 13.5. The number of allylic oxidation sites excluding steroid dienone is 1.